The Kier molecular flexibility index (Phi) is 8.72. The van der Waals surface area contributed by atoms with E-state index in [1.807, 2.05) is 51.1 Å². The number of likely N-dealkylation sites (tertiary alicyclic amines) is 1. The van der Waals surface area contributed by atoms with Crippen LogP contribution in [0.1, 0.15) is 58.1 Å². The molecule has 0 aliphatic carbocycles. The van der Waals surface area contributed by atoms with E-state index >= 15 is 0 Å². The zero-order chi connectivity index (χ0) is 23.8. The Bertz CT molecular complexity index is 800. The van der Waals surface area contributed by atoms with Crippen molar-refractivity contribution in [3.8, 4) is 0 Å². The molecule has 2 fully saturated rings. The molecule has 8 nitrogen and oxygen atoms in total. The number of piperidine rings is 1. The van der Waals surface area contributed by atoms with Crippen molar-refractivity contribution < 1.29 is 19.1 Å². The molecular weight excluding hydrogens is 420 g/mol. The summed E-state index contributed by atoms with van der Waals surface area (Å²) in [5, 5.41) is 3.05. The Balaban J connectivity index is 1.44. The molecule has 0 radical (unpaired) electrons. The van der Waals surface area contributed by atoms with Gasteiger partial charge in [-0.1, -0.05) is 30.3 Å². The lowest BCUT2D eigenvalue weighted by atomic mass is 10.0. The van der Waals surface area contributed by atoms with E-state index in [9.17, 15) is 14.4 Å². The van der Waals surface area contributed by atoms with E-state index in [-0.39, 0.29) is 17.9 Å². The van der Waals surface area contributed by atoms with Crippen LogP contribution in [0.5, 0.6) is 0 Å². The van der Waals surface area contributed by atoms with Crippen LogP contribution in [-0.2, 0) is 14.3 Å². The molecule has 2 aliphatic heterocycles. The number of carbonyl (C=O) groups is 3. The van der Waals surface area contributed by atoms with Crippen LogP contribution in [0.15, 0.2) is 30.3 Å². The zero-order valence-electron chi connectivity index (χ0n) is 20.2. The summed E-state index contributed by atoms with van der Waals surface area (Å²) in [6.07, 6.45) is 2.88. The quantitative estimate of drug-likeness (QED) is 0.636. The SMILES string of the molecule is CC(C)(C)OC(=O)N1CCN(CCCNC(=O)C(c2ccccc2)N2CCCCC2=O)CC1. The number of carbonyl (C=O) groups excluding carboxylic acids is 3. The van der Waals surface area contributed by atoms with Crippen molar-refractivity contribution >= 4 is 17.9 Å². The number of nitrogens with zero attached hydrogens (tertiary/aromatic N) is 3. The summed E-state index contributed by atoms with van der Waals surface area (Å²) in [5.74, 6) is -0.0701. The smallest absolute Gasteiger partial charge is 0.410 e. The average Bonchev–Trinajstić information content (AvgIpc) is 2.78. The zero-order valence-corrected chi connectivity index (χ0v) is 20.2. The number of nitrogens with one attached hydrogen (secondary N) is 1. The molecule has 1 N–H and O–H groups in total. The number of hydrogen-bond acceptors (Lipinski definition) is 5. The van der Waals surface area contributed by atoms with Crippen molar-refractivity contribution in [2.24, 2.45) is 0 Å². The maximum absolute atomic E-state index is 13.1. The Hall–Kier alpha value is -2.61. The highest BCUT2D eigenvalue weighted by Gasteiger charge is 2.32. The van der Waals surface area contributed by atoms with Gasteiger partial charge in [-0.25, -0.2) is 4.79 Å². The molecular formula is C25H38N4O4. The molecule has 2 heterocycles. The van der Waals surface area contributed by atoms with Crippen LogP contribution in [-0.4, -0.2) is 84.0 Å². The van der Waals surface area contributed by atoms with Gasteiger partial charge in [0.2, 0.25) is 11.8 Å². The number of benzene rings is 1. The molecule has 1 atom stereocenters. The highest BCUT2D eigenvalue weighted by Crippen LogP contribution is 2.25. The largest absolute Gasteiger partial charge is 0.444 e. The van der Waals surface area contributed by atoms with E-state index < -0.39 is 11.6 Å². The second-order valence-corrected chi connectivity index (χ2v) is 9.81. The van der Waals surface area contributed by atoms with E-state index in [1.54, 1.807) is 9.80 Å². The molecule has 0 aromatic heterocycles. The topological polar surface area (TPSA) is 82.2 Å². The van der Waals surface area contributed by atoms with Gasteiger partial charge in [0.15, 0.2) is 0 Å². The molecule has 33 heavy (non-hydrogen) atoms. The van der Waals surface area contributed by atoms with Gasteiger partial charge in [-0.3, -0.25) is 14.5 Å². The van der Waals surface area contributed by atoms with Gasteiger partial charge in [-0.05, 0) is 52.1 Å². The molecule has 1 unspecified atom stereocenters. The van der Waals surface area contributed by atoms with Gasteiger partial charge in [-0.2, -0.15) is 0 Å². The minimum atomic E-state index is -0.573. The van der Waals surface area contributed by atoms with Gasteiger partial charge in [0.25, 0.3) is 0 Å². The standard InChI is InChI=1S/C25H38N4O4/c1-25(2,3)33-24(32)28-18-16-27(17-19-28)14-9-13-26-23(31)22(20-10-5-4-6-11-20)29-15-8-7-12-21(29)30/h4-6,10-11,22H,7-9,12-19H2,1-3H3,(H,26,31). The van der Waals surface area contributed by atoms with Gasteiger partial charge in [-0.15, -0.1) is 0 Å². The first kappa shape index (κ1) is 25.0. The van der Waals surface area contributed by atoms with E-state index in [0.717, 1.165) is 44.5 Å². The number of ether oxygens (including phenoxy) is 1. The number of rotatable bonds is 7. The van der Waals surface area contributed by atoms with E-state index in [2.05, 4.69) is 10.2 Å². The summed E-state index contributed by atoms with van der Waals surface area (Å²) >= 11 is 0. The Labute approximate surface area is 197 Å². The van der Waals surface area contributed by atoms with Gasteiger partial charge in [0, 0.05) is 45.7 Å². The normalized spacial score (nSPS) is 18.7. The number of hydrogen-bond donors (Lipinski definition) is 1. The van der Waals surface area contributed by atoms with Crippen LogP contribution in [0.3, 0.4) is 0 Å². The Morgan fingerprint density at radius 1 is 1.03 bits per heavy atom. The van der Waals surface area contributed by atoms with Crippen LogP contribution >= 0.6 is 0 Å². The Morgan fingerprint density at radius 3 is 2.36 bits per heavy atom. The first-order valence-electron chi connectivity index (χ1n) is 12.1. The molecule has 3 amide bonds. The van der Waals surface area contributed by atoms with Gasteiger partial charge >= 0.3 is 6.09 Å². The summed E-state index contributed by atoms with van der Waals surface area (Å²) in [4.78, 5) is 43.6. The lowest BCUT2D eigenvalue weighted by Crippen LogP contribution is -2.50. The van der Waals surface area contributed by atoms with Crippen molar-refractivity contribution in [1.82, 2.24) is 20.0 Å². The minimum Gasteiger partial charge on any atom is -0.444 e. The monoisotopic (exact) mass is 458 g/mol. The molecule has 3 rings (SSSR count). The fourth-order valence-corrected chi connectivity index (χ4v) is 4.30. The van der Waals surface area contributed by atoms with Crippen LogP contribution in [0.25, 0.3) is 0 Å². The molecule has 1 aromatic rings. The molecule has 1 aromatic carbocycles. The van der Waals surface area contributed by atoms with Crippen LogP contribution < -0.4 is 5.32 Å². The molecule has 182 valence electrons. The third-order valence-electron chi connectivity index (χ3n) is 6.01. The fourth-order valence-electron chi connectivity index (χ4n) is 4.30. The first-order valence-corrected chi connectivity index (χ1v) is 12.1. The molecule has 2 saturated heterocycles. The van der Waals surface area contributed by atoms with E-state index in [0.29, 0.717) is 32.6 Å². The molecule has 0 spiro atoms. The summed E-state index contributed by atoms with van der Waals surface area (Å²) < 4.78 is 5.45. The summed E-state index contributed by atoms with van der Waals surface area (Å²) in [5.41, 5.74) is 0.367. The third kappa shape index (κ3) is 7.45. The molecule has 0 bridgehead atoms. The van der Waals surface area contributed by atoms with Crippen LogP contribution in [0.2, 0.25) is 0 Å². The third-order valence-corrected chi connectivity index (χ3v) is 6.01. The van der Waals surface area contributed by atoms with Crippen molar-refractivity contribution in [2.75, 3.05) is 45.8 Å². The van der Waals surface area contributed by atoms with Gasteiger partial charge < -0.3 is 19.9 Å². The lowest BCUT2D eigenvalue weighted by Gasteiger charge is -2.35. The molecule has 8 heteroatoms. The highest BCUT2D eigenvalue weighted by atomic mass is 16.6. The minimum absolute atomic E-state index is 0.0492. The summed E-state index contributed by atoms with van der Waals surface area (Å²) in [6, 6.07) is 8.98. The second-order valence-electron chi connectivity index (χ2n) is 9.81. The lowest BCUT2D eigenvalue weighted by molar-refractivity contribution is -0.142. The van der Waals surface area contributed by atoms with Crippen molar-refractivity contribution in [3.05, 3.63) is 35.9 Å². The van der Waals surface area contributed by atoms with E-state index in [4.69, 9.17) is 4.74 Å². The predicted molar refractivity (Wildman–Crippen MR) is 127 cm³/mol. The van der Waals surface area contributed by atoms with Gasteiger partial charge in [0.05, 0.1) is 0 Å². The van der Waals surface area contributed by atoms with Crippen molar-refractivity contribution in [3.63, 3.8) is 0 Å². The van der Waals surface area contributed by atoms with Crippen LogP contribution in [0.4, 0.5) is 4.79 Å². The first-order chi connectivity index (χ1) is 15.7. The predicted octanol–water partition coefficient (Wildman–Crippen LogP) is 2.80. The second kappa shape index (κ2) is 11.5. The summed E-state index contributed by atoms with van der Waals surface area (Å²) in [7, 11) is 0. The maximum Gasteiger partial charge on any atom is 0.410 e. The Morgan fingerprint density at radius 2 is 1.73 bits per heavy atom. The fraction of sp³-hybridized carbons (Fsp3) is 0.640. The van der Waals surface area contributed by atoms with Crippen LogP contribution in [0, 0.1) is 0 Å². The van der Waals surface area contributed by atoms with Gasteiger partial charge in [0.1, 0.15) is 11.6 Å². The number of amides is 3. The maximum atomic E-state index is 13.1. The van der Waals surface area contributed by atoms with Crippen molar-refractivity contribution in [1.29, 1.82) is 0 Å². The molecule has 0 saturated carbocycles. The van der Waals surface area contributed by atoms with E-state index in [1.165, 1.54) is 0 Å². The average molecular weight is 459 g/mol. The van der Waals surface area contributed by atoms with Crippen molar-refractivity contribution in [2.45, 2.75) is 58.1 Å². The summed E-state index contributed by atoms with van der Waals surface area (Å²) in [6.45, 7) is 10.5. The number of piperazine rings is 1. The highest BCUT2D eigenvalue weighted by molar-refractivity contribution is 5.89. The molecule has 2 aliphatic rings.